The molecule has 1 aliphatic rings. The van der Waals surface area contributed by atoms with Crippen molar-refractivity contribution in [3.63, 3.8) is 0 Å². The molecule has 0 saturated carbocycles. The normalized spacial score (nSPS) is 12.9. The van der Waals surface area contributed by atoms with Crippen LogP contribution in [0.2, 0.25) is 0 Å². The molecule has 0 unspecified atom stereocenters. The summed E-state index contributed by atoms with van der Waals surface area (Å²) in [6, 6.07) is 5.77. The number of fused-ring (bicyclic) bond motifs is 3. The van der Waals surface area contributed by atoms with Crippen LogP contribution in [0.1, 0.15) is 14.7 Å². The summed E-state index contributed by atoms with van der Waals surface area (Å²) in [6.45, 7) is 0.577. The minimum absolute atomic E-state index is 0.365. The highest BCUT2D eigenvalue weighted by Gasteiger charge is 2.22. The van der Waals surface area contributed by atoms with Gasteiger partial charge >= 0.3 is 0 Å². The van der Waals surface area contributed by atoms with E-state index in [0.29, 0.717) is 11.6 Å². The van der Waals surface area contributed by atoms with Crippen LogP contribution in [-0.2, 0) is 6.42 Å². The second-order valence-electron chi connectivity index (χ2n) is 4.00. The van der Waals surface area contributed by atoms with Gasteiger partial charge in [-0.15, -0.1) is 11.3 Å². The van der Waals surface area contributed by atoms with Gasteiger partial charge < -0.3 is 4.74 Å². The van der Waals surface area contributed by atoms with E-state index >= 15 is 0 Å². The Labute approximate surface area is 121 Å². The van der Waals surface area contributed by atoms with Crippen molar-refractivity contribution in [1.82, 2.24) is 10.4 Å². The van der Waals surface area contributed by atoms with E-state index in [1.54, 1.807) is 0 Å². The topological polar surface area (TPSA) is 77.2 Å². The van der Waals surface area contributed by atoms with Crippen LogP contribution in [0.15, 0.2) is 22.7 Å². The van der Waals surface area contributed by atoms with Crippen LogP contribution in [-0.4, -0.2) is 17.5 Å². The molecule has 1 aliphatic heterocycles. The Morgan fingerprint density at radius 2 is 2.37 bits per heavy atom. The van der Waals surface area contributed by atoms with Crippen LogP contribution in [0.3, 0.4) is 0 Å². The summed E-state index contributed by atoms with van der Waals surface area (Å²) in [7, 11) is 0. The molecular weight excluding hydrogens is 330 g/mol. The maximum absolute atomic E-state index is 11.6. The summed E-state index contributed by atoms with van der Waals surface area (Å²) in [6.07, 6.45) is 0.733. The Morgan fingerprint density at radius 1 is 1.53 bits per heavy atom. The van der Waals surface area contributed by atoms with Crippen molar-refractivity contribution < 1.29 is 9.53 Å². The first-order valence-electron chi connectivity index (χ1n) is 5.62. The van der Waals surface area contributed by atoms with Gasteiger partial charge in [-0.3, -0.25) is 10.2 Å². The molecule has 0 fully saturated rings. The van der Waals surface area contributed by atoms with Crippen LogP contribution in [0.25, 0.3) is 11.3 Å². The number of hydrazine groups is 1. The smallest absolute Gasteiger partial charge is 0.294 e. The predicted octanol–water partition coefficient (Wildman–Crippen LogP) is 2.11. The highest BCUT2D eigenvalue weighted by molar-refractivity contribution is 9.10. The number of benzene rings is 1. The summed E-state index contributed by atoms with van der Waals surface area (Å²) >= 11 is 4.79. The van der Waals surface area contributed by atoms with Gasteiger partial charge in [0, 0.05) is 21.3 Å². The number of rotatable bonds is 1. The zero-order valence-electron chi connectivity index (χ0n) is 9.77. The van der Waals surface area contributed by atoms with E-state index in [1.165, 1.54) is 11.3 Å². The summed E-state index contributed by atoms with van der Waals surface area (Å²) in [5.41, 5.74) is 3.81. The molecular formula is C12H10BrN3O2S. The molecule has 3 N–H and O–H groups in total. The fourth-order valence-corrected chi connectivity index (χ4v) is 3.28. The SMILES string of the molecule is NNC(=O)c1nc2c(s1)CCOc1ccc(Br)cc1-2. The lowest BCUT2D eigenvalue weighted by Crippen LogP contribution is -2.29. The van der Waals surface area contributed by atoms with Crippen molar-refractivity contribution in [2.75, 3.05) is 6.61 Å². The first-order chi connectivity index (χ1) is 9.19. The first-order valence-corrected chi connectivity index (χ1v) is 7.23. The number of nitrogens with zero attached hydrogens (tertiary/aromatic N) is 1. The Hall–Kier alpha value is -1.44. The molecule has 0 spiro atoms. The first kappa shape index (κ1) is 12.6. The number of aromatic nitrogens is 1. The van der Waals surface area contributed by atoms with Crippen molar-refractivity contribution in [2.24, 2.45) is 5.84 Å². The third-order valence-electron chi connectivity index (χ3n) is 2.81. The van der Waals surface area contributed by atoms with Gasteiger partial charge in [0.25, 0.3) is 5.91 Å². The molecule has 0 atom stereocenters. The maximum Gasteiger partial charge on any atom is 0.294 e. The van der Waals surface area contributed by atoms with Crippen LogP contribution in [0.4, 0.5) is 0 Å². The number of nitrogen functional groups attached to an aromatic ring is 1. The van der Waals surface area contributed by atoms with Gasteiger partial charge in [-0.25, -0.2) is 10.8 Å². The average molecular weight is 340 g/mol. The van der Waals surface area contributed by atoms with E-state index in [0.717, 1.165) is 32.8 Å². The van der Waals surface area contributed by atoms with E-state index in [-0.39, 0.29) is 5.91 Å². The third kappa shape index (κ3) is 2.24. The summed E-state index contributed by atoms with van der Waals surface area (Å²) < 4.78 is 6.64. The molecule has 2 heterocycles. The molecule has 3 rings (SSSR count). The highest BCUT2D eigenvalue weighted by Crippen LogP contribution is 2.38. The number of ether oxygens (including phenoxy) is 1. The van der Waals surface area contributed by atoms with Crippen LogP contribution < -0.4 is 16.0 Å². The molecule has 1 aromatic heterocycles. The standard InChI is InChI=1S/C12H10BrN3O2S/c13-6-1-2-8-7(5-6)10-9(3-4-18-8)19-12(15-10)11(17)16-14/h1-2,5H,3-4,14H2,(H,16,17). The number of hydrogen-bond donors (Lipinski definition) is 2. The van der Waals surface area contributed by atoms with Gasteiger partial charge in [0.1, 0.15) is 5.75 Å². The summed E-state index contributed by atoms with van der Waals surface area (Å²) in [5.74, 6) is 5.57. The van der Waals surface area contributed by atoms with Crippen LogP contribution in [0.5, 0.6) is 5.75 Å². The lowest BCUT2D eigenvalue weighted by Gasteiger charge is -2.06. The van der Waals surface area contributed by atoms with E-state index in [1.807, 2.05) is 18.2 Å². The number of thiazole rings is 1. The largest absolute Gasteiger partial charge is 0.493 e. The molecule has 0 aliphatic carbocycles. The molecule has 1 aromatic carbocycles. The second-order valence-corrected chi connectivity index (χ2v) is 6.00. The lowest BCUT2D eigenvalue weighted by atomic mass is 10.1. The second kappa shape index (κ2) is 4.92. The Bertz CT molecular complexity index is 656. The number of hydrogen-bond acceptors (Lipinski definition) is 5. The number of carbonyl (C=O) groups is 1. The number of halogens is 1. The molecule has 2 aromatic rings. The summed E-state index contributed by atoms with van der Waals surface area (Å²) in [5, 5.41) is 0.375. The fourth-order valence-electron chi connectivity index (χ4n) is 1.96. The molecule has 7 heteroatoms. The minimum atomic E-state index is -0.365. The number of nitrogens with one attached hydrogen (secondary N) is 1. The van der Waals surface area contributed by atoms with Crippen molar-refractivity contribution in [3.8, 4) is 17.0 Å². The molecule has 98 valence electrons. The predicted molar refractivity (Wildman–Crippen MR) is 76.1 cm³/mol. The Balaban J connectivity index is 2.17. The lowest BCUT2D eigenvalue weighted by molar-refractivity contribution is 0.0953. The average Bonchev–Trinajstić information content (AvgIpc) is 2.76. The van der Waals surface area contributed by atoms with Gasteiger partial charge in [-0.1, -0.05) is 15.9 Å². The van der Waals surface area contributed by atoms with Gasteiger partial charge in [-0.05, 0) is 18.2 Å². The van der Waals surface area contributed by atoms with Crippen molar-refractivity contribution in [3.05, 3.63) is 32.6 Å². The van der Waals surface area contributed by atoms with Crippen LogP contribution in [0, 0.1) is 0 Å². The number of amides is 1. The zero-order valence-corrected chi connectivity index (χ0v) is 12.2. The van der Waals surface area contributed by atoms with E-state index in [2.05, 4.69) is 26.3 Å². The number of nitrogens with two attached hydrogens (primary N) is 1. The quantitative estimate of drug-likeness (QED) is 0.474. The van der Waals surface area contributed by atoms with E-state index in [9.17, 15) is 4.79 Å². The molecule has 19 heavy (non-hydrogen) atoms. The molecule has 0 radical (unpaired) electrons. The highest BCUT2D eigenvalue weighted by atomic mass is 79.9. The van der Waals surface area contributed by atoms with Gasteiger partial charge in [0.2, 0.25) is 0 Å². The summed E-state index contributed by atoms with van der Waals surface area (Å²) in [4.78, 5) is 17.0. The van der Waals surface area contributed by atoms with Crippen molar-refractivity contribution >= 4 is 33.2 Å². The van der Waals surface area contributed by atoms with E-state index < -0.39 is 0 Å². The monoisotopic (exact) mass is 339 g/mol. The van der Waals surface area contributed by atoms with E-state index in [4.69, 9.17) is 10.6 Å². The number of carbonyl (C=O) groups excluding carboxylic acids is 1. The van der Waals surface area contributed by atoms with Gasteiger partial charge in [0.05, 0.1) is 12.3 Å². The van der Waals surface area contributed by atoms with Crippen molar-refractivity contribution in [2.45, 2.75) is 6.42 Å². The fraction of sp³-hybridized carbons (Fsp3) is 0.167. The Morgan fingerprint density at radius 3 is 3.16 bits per heavy atom. The van der Waals surface area contributed by atoms with Gasteiger partial charge in [-0.2, -0.15) is 0 Å². The van der Waals surface area contributed by atoms with Crippen molar-refractivity contribution in [1.29, 1.82) is 0 Å². The van der Waals surface area contributed by atoms with Gasteiger partial charge in [0.15, 0.2) is 5.01 Å². The van der Waals surface area contributed by atoms with Crippen LogP contribution >= 0.6 is 27.3 Å². The molecule has 0 bridgehead atoms. The molecule has 0 saturated heterocycles. The zero-order chi connectivity index (χ0) is 13.4. The minimum Gasteiger partial charge on any atom is -0.493 e. The molecule has 1 amide bonds. The maximum atomic E-state index is 11.6. The third-order valence-corrected chi connectivity index (χ3v) is 4.41. The molecule has 5 nitrogen and oxygen atoms in total. The Kier molecular flexibility index (Phi) is 3.26.